The molecule has 0 saturated heterocycles. The van der Waals surface area contributed by atoms with Gasteiger partial charge in [0.2, 0.25) is 10.0 Å². The predicted molar refractivity (Wildman–Crippen MR) is 85.6 cm³/mol. The van der Waals surface area contributed by atoms with Crippen LogP contribution in [0.15, 0.2) is 23.1 Å². The second-order valence-corrected chi connectivity index (χ2v) is 7.30. The summed E-state index contributed by atoms with van der Waals surface area (Å²) in [6, 6.07) is 4.02. The van der Waals surface area contributed by atoms with Gasteiger partial charge in [0.15, 0.2) is 0 Å². The Balaban J connectivity index is 2.21. The van der Waals surface area contributed by atoms with E-state index in [2.05, 4.69) is 5.32 Å². The number of benzene rings is 1. The number of aliphatic hydroxyl groups is 1. The summed E-state index contributed by atoms with van der Waals surface area (Å²) in [7, 11) is -2.68. The molecule has 1 saturated carbocycles. The summed E-state index contributed by atoms with van der Waals surface area (Å²) >= 11 is 0. The van der Waals surface area contributed by atoms with Crippen molar-refractivity contribution >= 4 is 21.7 Å². The lowest BCUT2D eigenvalue weighted by molar-refractivity contribution is 0.0601. The lowest BCUT2D eigenvalue weighted by atomic mass is 9.86. The molecule has 128 valence electrons. The zero-order valence-electron chi connectivity index (χ0n) is 13.0. The Morgan fingerprint density at radius 1 is 1.39 bits per heavy atom. The first-order valence-electron chi connectivity index (χ1n) is 7.50. The number of hydrogen-bond donors (Lipinski definition) is 3. The van der Waals surface area contributed by atoms with Crippen LogP contribution in [-0.2, 0) is 14.8 Å². The molecule has 2 atom stereocenters. The summed E-state index contributed by atoms with van der Waals surface area (Å²) < 4.78 is 27.5. The Hall–Kier alpha value is -1.64. The summed E-state index contributed by atoms with van der Waals surface area (Å²) in [6.45, 7) is 0.500. The van der Waals surface area contributed by atoms with Crippen molar-refractivity contribution in [2.75, 3.05) is 19.0 Å². The maximum absolute atomic E-state index is 11.9. The van der Waals surface area contributed by atoms with Gasteiger partial charge in [0.1, 0.15) is 0 Å². The van der Waals surface area contributed by atoms with E-state index in [1.165, 1.54) is 25.3 Å². The van der Waals surface area contributed by atoms with Crippen LogP contribution in [0.2, 0.25) is 0 Å². The topological polar surface area (TPSA) is 119 Å². The molecule has 0 unspecified atom stereocenters. The van der Waals surface area contributed by atoms with Crippen molar-refractivity contribution in [3.8, 4) is 0 Å². The highest BCUT2D eigenvalue weighted by molar-refractivity contribution is 7.89. The van der Waals surface area contributed by atoms with E-state index in [0.29, 0.717) is 12.2 Å². The van der Waals surface area contributed by atoms with Gasteiger partial charge in [-0.15, -0.1) is 0 Å². The number of sulfonamides is 1. The summed E-state index contributed by atoms with van der Waals surface area (Å²) in [6.07, 6.45) is 3.42. The summed E-state index contributed by atoms with van der Waals surface area (Å²) in [5, 5.41) is 18.2. The number of methoxy groups -OCH3 is 1. The highest BCUT2D eigenvalue weighted by atomic mass is 32.2. The molecule has 0 bridgehead atoms. The molecule has 1 aliphatic rings. The molecule has 7 nitrogen and oxygen atoms in total. The number of hydrogen-bond acceptors (Lipinski definition) is 6. The van der Waals surface area contributed by atoms with Crippen LogP contribution in [-0.4, -0.2) is 39.3 Å². The van der Waals surface area contributed by atoms with Crippen molar-refractivity contribution in [2.45, 2.75) is 36.7 Å². The zero-order valence-corrected chi connectivity index (χ0v) is 13.8. The molecular formula is C15H22N2O5S. The minimum Gasteiger partial charge on any atom is -0.465 e. The number of esters is 1. The maximum Gasteiger partial charge on any atom is 0.340 e. The van der Waals surface area contributed by atoms with Gasteiger partial charge in [0.05, 0.1) is 23.7 Å². The van der Waals surface area contributed by atoms with Crippen molar-refractivity contribution in [3.05, 3.63) is 23.8 Å². The number of carbonyl (C=O) groups is 1. The van der Waals surface area contributed by atoms with Gasteiger partial charge >= 0.3 is 5.97 Å². The fourth-order valence-electron chi connectivity index (χ4n) is 2.80. The third kappa shape index (κ3) is 4.43. The van der Waals surface area contributed by atoms with Gasteiger partial charge in [-0.05, 0) is 31.0 Å². The smallest absolute Gasteiger partial charge is 0.340 e. The van der Waals surface area contributed by atoms with Gasteiger partial charge < -0.3 is 15.2 Å². The molecule has 0 heterocycles. The molecule has 1 aliphatic carbocycles. The monoisotopic (exact) mass is 342 g/mol. The SMILES string of the molecule is COC(=O)c1cc(S(N)(=O)=O)ccc1NC[C@H]1CCCC[C@@H]1O. The first-order valence-corrected chi connectivity index (χ1v) is 9.04. The highest BCUT2D eigenvalue weighted by Gasteiger charge is 2.24. The quantitative estimate of drug-likeness (QED) is 0.689. The molecule has 0 aliphatic heterocycles. The van der Waals surface area contributed by atoms with E-state index in [-0.39, 0.29) is 22.5 Å². The van der Waals surface area contributed by atoms with Crippen molar-refractivity contribution in [1.29, 1.82) is 0 Å². The van der Waals surface area contributed by atoms with Gasteiger partial charge in [-0.2, -0.15) is 0 Å². The normalized spacial score (nSPS) is 21.7. The summed E-state index contributed by atoms with van der Waals surface area (Å²) in [5.74, 6) is -0.547. The molecule has 1 fully saturated rings. The average molecular weight is 342 g/mol. The third-order valence-corrected chi connectivity index (χ3v) is 5.06. The molecule has 23 heavy (non-hydrogen) atoms. The first-order chi connectivity index (χ1) is 10.8. The van der Waals surface area contributed by atoms with Crippen molar-refractivity contribution < 1.29 is 23.1 Å². The van der Waals surface area contributed by atoms with E-state index >= 15 is 0 Å². The molecule has 1 aromatic carbocycles. The van der Waals surface area contributed by atoms with Crippen LogP contribution in [0.5, 0.6) is 0 Å². The molecular weight excluding hydrogens is 320 g/mol. The number of nitrogens with one attached hydrogen (secondary N) is 1. The van der Waals surface area contributed by atoms with Crippen LogP contribution < -0.4 is 10.5 Å². The highest BCUT2D eigenvalue weighted by Crippen LogP contribution is 2.26. The summed E-state index contributed by atoms with van der Waals surface area (Å²) in [4.78, 5) is 11.7. The van der Waals surface area contributed by atoms with Crippen molar-refractivity contribution in [2.24, 2.45) is 11.1 Å². The molecule has 8 heteroatoms. The second-order valence-electron chi connectivity index (χ2n) is 5.74. The molecule has 0 radical (unpaired) electrons. The number of rotatable bonds is 5. The van der Waals surface area contributed by atoms with Crippen LogP contribution in [0.25, 0.3) is 0 Å². The van der Waals surface area contributed by atoms with Crippen LogP contribution in [0, 0.1) is 5.92 Å². The number of aliphatic hydroxyl groups excluding tert-OH is 1. The molecule has 1 aromatic rings. The molecule has 2 rings (SSSR count). The molecule has 0 aromatic heterocycles. The van der Waals surface area contributed by atoms with Crippen molar-refractivity contribution in [1.82, 2.24) is 0 Å². The standard InChI is InChI=1S/C15H22N2O5S/c1-22-15(19)12-8-11(23(16,20)21)6-7-13(12)17-9-10-4-2-3-5-14(10)18/h6-8,10,14,17-18H,2-5,9H2,1H3,(H2,16,20,21)/t10-,14+/m1/s1. The molecule has 0 amide bonds. The number of carbonyl (C=O) groups excluding carboxylic acids is 1. The van der Waals surface area contributed by atoms with Gasteiger partial charge in [-0.25, -0.2) is 18.4 Å². The number of anilines is 1. The Morgan fingerprint density at radius 3 is 2.70 bits per heavy atom. The van der Waals surface area contributed by atoms with E-state index in [1.807, 2.05) is 0 Å². The lowest BCUT2D eigenvalue weighted by Crippen LogP contribution is -2.30. The maximum atomic E-state index is 11.9. The lowest BCUT2D eigenvalue weighted by Gasteiger charge is -2.28. The fourth-order valence-corrected chi connectivity index (χ4v) is 3.34. The van der Waals surface area contributed by atoms with Crippen LogP contribution in [0.1, 0.15) is 36.0 Å². The van der Waals surface area contributed by atoms with E-state index < -0.39 is 16.0 Å². The predicted octanol–water partition coefficient (Wildman–Crippen LogP) is 1.08. The van der Waals surface area contributed by atoms with E-state index in [4.69, 9.17) is 9.88 Å². The van der Waals surface area contributed by atoms with E-state index in [9.17, 15) is 18.3 Å². The fraction of sp³-hybridized carbons (Fsp3) is 0.533. The Labute approximate surface area is 135 Å². The number of ether oxygens (including phenoxy) is 1. The molecule has 0 spiro atoms. The average Bonchev–Trinajstić information content (AvgIpc) is 2.52. The van der Waals surface area contributed by atoms with Crippen LogP contribution in [0.4, 0.5) is 5.69 Å². The minimum atomic E-state index is -3.90. The van der Waals surface area contributed by atoms with Gasteiger partial charge in [-0.1, -0.05) is 12.8 Å². The van der Waals surface area contributed by atoms with Gasteiger partial charge in [-0.3, -0.25) is 0 Å². The van der Waals surface area contributed by atoms with E-state index in [0.717, 1.165) is 25.7 Å². The minimum absolute atomic E-state index is 0.101. The van der Waals surface area contributed by atoms with Crippen LogP contribution >= 0.6 is 0 Å². The third-order valence-electron chi connectivity index (χ3n) is 4.15. The Bertz CT molecular complexity index is 674. The Morgan fingerprint density at radius 2 is 2.09 bits per heavy atom. The van der Waals surface area contributed by atoms with Crippen molar-refractivity contribution in [3.63, 3.8) is 0 Å². The second kappa shape index (κ2) is 7.29. The first kappa shape index (κ1) is 17.7. The van der Waals surface area contributed by atoms with Crippen LogP contribution in [0.3, 0.4) is 0 Å². The zero-order chi connectivity index (χ0) is 17.0. The van der Waals surface area contributed by atoms with Gasteiger partial charge in [0.25, 0.3) is 0 Å². The number of nitrogens with two attached hydrogens (primary N) is 1. The van der Waals surface area contributed by atoms with E-state index in [1.54, 1.807) is 0 Å². The largest absolute Gasteiger partial charge is 0.465 e. The molecule has 4 N–H and O–H groups in total. The van der Waals surface area contributed by atoms with Gasteiger partial charge in [0, 0.05) is 18.2 Å². The Kier molecular flexibility index (Phi) is 5.61. The summed E-state index contributed by atoms with van der Waals surface area (Å²) in [5.41, 5.74) is 0.561. The number of primary sulfonamides is 1.